The van der Waals surface area contributed by atoms with E-state index in [0.717, 1.165) is 0 Å². The molecule has 6 heteroatoms. The van der Waals surface area contributed by atoms with Crippen LogP contribution in [0.15, 0.2) is 22.7 Å². The Kier molecular flexibility index (Phi) is 4.21. The Labute approximate surface area is 119 Å². The normalized spacial score (nSPS) is 22.2. The highest BCUT2D eigenvalue weighted by Crippen LogP contribution is 2.26. The largest absolute Gasteiger partial charge is 0.478 e. The summed E-state index contributed by atoms with van der Waals surface area (Å²) in [7, 11) is 0. The molecule has 2 atom stereocenters. The number of hydrogen-bond acceptors (Lipinski definition) is 3. The molecular weight excluding hydrogens is 314 g/mol. The van der Waals surface area contributed by atoms with Gasteiger partial charge in [-0.3, -0.25) is 4.79 Å². The molecule has 0 saturated carbocycles. The number of carbonyl (C=O) groups is 2. The minimum Gasteiger partial charge on any atom is -0.478 e. The third kappa shape index (κ3) is 3.33. The van der Waals surface area contributed by atoms with Gasteiger partial charge in [0.25, 0.3) is 0 Å². The maximum absolute atomic E-state index is 12.0. The Bertz CT molecular complexity index is 517. The lowest BCUT2D eigenvalue weighted by Gasteiger charge is -2.11. The Hall–Kier alpha value is -1.40. The first-order valence-corrected chi connectivity index (χ1v) is 6.72. The van der Waals surface area contributed by atoms with E-state index in [0.29, 0.717) is 23.2 Å². The van der Waals surface area contributed by atoms with Crippen LogP contribution in [0.25, 0.3) is 0 Å². The van der Waals surface area contributed by atoms with Crippen LogP contribution in [0.2, 0.25) is 0 Å². The number of rotatable bonds is 3. The highest BCUT2D eigenvalue weighted by molar-refractivity contribution is 9.10. The fourth-order valence-corrected chi connectivity index (χ4v) is 2.33. The van der Waals surface area contributed by atoms with Crippen LogP contribution in [0, 0.1) is 5.92 Å². The van der Waals surface area contributed by atoms with Crippen LogP contribution >= 0.6 is 15.9 Å². The van der Waals surface area contributed by atoms with Gasteiger partial charge < -0.3 is 15.2 Å². The van der Waals surface area contributed by atoms with E-state index in [1.165, 1.54) is 12.1 Å². The molecule has 0 spiro atoms. The molecule has 1 heterocycles. The molecule has 0 bridgehead atoms. The first-order chi connectivity index (χ1) is 8.97. The Morgan fingerprint density at radius 3 is 2.79 bits per heavy atom. The zero-order valence-corrected chi connectivity index (χ0v) is 11.9. The second kappa shape index (κ2) is 5.71. The Morgan fingerprint density at radius 1 is 1.47 bits per heavy atom. The third-order valence-corrected chi connectivity index (χ3v) is 3.73. The van der Waals surface area contributed by atoms with Crippen molar-refractivity contribution in [3.8, 4) is 0 Å². The number of aromatic carboxylic acids is 1. The second-order valence-electron chi connectivity index (χ2n) is 4.57. The summed E-state index contributed by atoms with van der Waals surface area (Å²) >= 11 is 3.29. The summed E-state index contributed by atoms with van der Waals surface area (Å²) in [5.41, 5.74) is 0.596. The number of anilines is 1. The fourth-order valence-electron chi connectivity index (χ4n) is 1.99. The zero-order chi connectivity index (χ0) is 14.0. The minimum absolute atomic E-state index is 0.0875. The summed E-state index contributed by atoms with van der Waals surface area (Å²) in [5.74, 6) is -1.36. The van der Waals surface area contributed by atoms with Crippen LogP contribution in [-0.4, -0.2) is 29.7 Å². The van der Waals surface area contributed by atoms with Crippen molar-refractivity contribution >= 4 is 33.5 Å². The maximum atomic E-state index is 12.0. The molecule has 1 aliphatic heterocycles. The van der Waals surface area contributed by atoms with Gasteiger partial charge in [0.15, 0.2) is 0 Å². The first kappa shape index (κ1) is 14.0. The van der Waals surface area contributed by atoms with Crippen LogP contribution in [0.5, 0.6) is 0 Å². The summed E-state index contributed by atoms with van der Waals surface area (Å²) < 4.78 is 6.00. The molecule has 1 aromatic carbocycles. The van der Waals surface area contributed by atoms with Gasteiger partial charge in [0.2, 0.25) is 5.91 Å². The van der Waals surface area contributed by atoms with Crippen LogP contribution < -0.4 is 5.32 Å². The molecule has 1 amide bonds. The lowest BCUT2D eigenvalue weighted by atomic mass is 10.1. The van der Waals surface area contributed by atoms with Gasteiger partial charge >= 0.3 is 5.97 Å². The number of amides is 1. The second-order valence-corrected chi connectivity index (χ2v) is 5.42. The van der Waals surface area contributed by atoms with E-state index in [2.05, 4.69) is 21.2 Å². The standard InChI is InChI=1S/C13H14BrNO4/c1-7-4-9(6-19-7)12(16)15-11-5-8(13(17)18)2-3-10(11)14/h2-3,5,7,9H,4,6H2,1H3,(H,15,16)(H,17,18). The molecule has 102 valence electrons. The highest BCUT2D eigenvalue weighted by Gasteiger charge is 2.28. The average Bonchev–Trinajstić information content (AvgIpc) is 2.78. The van der Waals surface area contributed by atoms with E-state index in [-0.39, 0.29) is 23.5 Å². The number of halogens is 1. The maximum Gasteiger partial charge on any atom is 0.335 e. The summed E-state index contributed by atoms with van der Waals surface area (Å²) in [6.07, 6.45) is 0.770. The van der Waals surface area contributed by atoms with Gasteiger partial charge in [-0.15, -0.1) is 0 Å². The van der Waals surface area contributed by atoms with Crippen molar-refractivity contribution in [3.05, 3.63) is 28.2 Å². The van der Waals surface area contributed by atoms with Gasteiger partial charge in [-0.25, -0.2) is 4.79 Å². The predicted molar refractivity (Wildman–Crippen MR) is 73.3 cm³/mol. The number of benzene rings is 1. The van der Waals surface area contributed by atoms with E-state index in [1.807, 2.05) is 6.92 Å². The van der Waals surface area contributed by atoms with Gasteiger partial charge in [0, 0.05) is 4.47 Å². The van der Waals surface area contributed by atoms with Crippen molar-refractivity contribution in [3.63, 3.8) is 0 Å². The predicted octanol–water partition coefficient (Wildman–Crippen LogP) is 2.51. The highest BCUT2D eigenvalue weighted by atomic mass is 79.9. The summed E-state index contributed by atoms with van der Waals surface area (Å²) in [5, 5.41) is 11.7. The summed E-state index contributed by atoms with van der Waals surface area (Å²) in [6.45, 7) is 2.33. The number of hydrogen-bond donors (Lipinski definition) is 2. The molecule has 1 aliphatic rings. The van der Waals surface area contributed by atoms with E-state index < -0.39 is 5.97 Å². The van der Waals surface area contributed by atoms with E-state index in [1.54, 1.807) is 6.07 Å². The van der Waals surface area contributed by atoms with Crippen molar-refractivity contribution in [2.24, 2.45) is 5.92 Å². The molecule has 0 aromatic heterocycles. The summed E-state index contributed by atoms with van der Waals surface area (Å²) in [4.78, 5) is 22.9. The number of nitrogens with one attached hydrogen (secondary N) is 1. The van der Waals surface area contributed by atoms with Crippen LogP contribution in [-0.2, 0) is 9.53 Å². The topological polar surface area (TPSA) is 75.6 Å². The lowest BCUT2D eigenvalue weighted by Crippen LogP contribution is -2.23. The van der Waals surface area contributed by atoms with Crippen molar-refractivity contribution in [2.45, 2.75) is 19.4 Å². The summed E-state index contributed by atoms with van der Waals surface area (Å²) in [6, 6.07) is 4.51. The van der Waals surface area contributed by atoms with Gasteiger partial charge in [0.1, 0.15) is 0 Å². The minimum atomic E-state index is -1.03. The molecule has 2 N–H and O–H groups in total. The van der Waals surface area contributed by atoms with E-state index in [9.17, 15) is 9.59 Å². The number of ether oxygens (including phenoxy) is 1. The lowest BCUT2D eigenvalue weighted by molar-refractivity contribution is -0.119. The smallest absolute Gasteiger partial charge is 0.335 e. The number of carboxylic acid groups (broad SMARTS) is 1. The Morgan fingerprint density at radius 2 is 2.21 bits per heavy atom. The molecule has 5 nitrogen and oxygen atoms in total. The molecule has 1 fully saturated rings. The molecule has 0 radical (unpaired) electrons. The molecule has 2 unspecified atom stereocenters. The quantitative estimate of drug-likeness (QED) is 0.894. The van der Waals surface area contributed by atoms with Crippen LogP contribution in [0.3, 0.4) is 0 Å². The van der Waals surface area contributed by atoms with Crippen molar-refractivity contribution in [1.29, 1.82) is 0 Å². The third-order valence-electron chi connectivity index (χ3n) is 3.04. The fraction of sp³-hybridized carbons (Fsp3) is 0.385. The number of carbonyl (C=O) groups excluding carboxylic acids is 1. The van der Waals surface area contributed by atoms with Gasteiger partial charge in [-0.1, -0.05) is 0 Å². The number of carboxylic acids is 1. The zero-order valence-electron chi connectivity index (χ0n) is 10.4. The van der Waals surface area contributed by atoms with Crippen LogP contribution in [0.1, 0.15) is 23.7 Å². The van der Waals surface area contributed by atoms with Gasteiger partial charge in [0.05, 0.1) is 29.9 Å². The SMILES string of the molecule is CC1CC(C(=O)Nc2cc(C(=O)O)ccc2Br)CO1. The molecule has 2 rings (SSSR count). The molecule has 1 aromatic rings. The molecular formula is C13H14BrNO4. The van der Waals surface area contributed by atoms with E-state index in [4.69, 9.17) is 9.84 Å². The average molecular weight is 328 g/mol. The van der Waals surface area contributed by atoms with E-state index >= 15 is 0 Å². The Balaban J connectivity index is 2.12. The first-order valence-electron chi connectivity index (χ1n) is 5.92. The monoisotopic (exact) mass is 327 g/mol. The molecule has 19 heavy (non-hydrogen) atoms. The van der Waals surface area contributed by atoms with Gasteiger partial charge in [-0.2, -0.15) is 0 Å². The van der Waals surface area contributed by atoms with Crippen molar-refractivity contribution < 1.29 is 19.4 Å². The van der Waals surface area contributed by atoms with Crippen molar-refractivity contribution in [2.75, 3.05) is 11.9 Å². The van der Waals surface area contributed by atoms with Gasteiger partial charge in [-0.05, 0) is 47.5 Å². The molecule has 1 saturated heterocycles. The van der Waals surface area contributed by atoms with Crippen molar-refractivity contribution in [1.82, 2.24) is 0 Å². The molecule has 0 aliphatic carbocycles. The van der Waals surface area contributed by atoms with Crippen LogP contribution in [0.4, 0.5) is 5.69 Å².